The number of hydrogen-bond donors (Lipinski definition) is 3. The van der Waals surface area contributed by atoms with Gasteiger partial charge in [-0.3, -0.25) is 0 Å². The maximum atomic E-state index is 11.4. The number of nitrogens with one attached hydrogen (secondary N) is 1. The van der Waals surface area contributed by atoms with E-state index in [1.54, 1.807) is 0 Å². The normalized spacial score (nSPS) is 11.6. The van der Waals surface area contributed by atoms with Gasteiger partial charge in [0, 0.05) is 12.2 Å². The highest BCUT2D eigenvalue weighted by Gasteiger charge is 2.16. The van der Waals surface area contributed by atoms with E-state index in [1.165, 1.54) is 0 Å². The quantitative estimate of drug-likeness (QED) is 0.477. The lowest BCUT2D eigenvalue weighted by molar-refractivity contribution is 0.408. The number of aryl methyl sites for hydroxylation is 1. The van der Waals surface area contributed by atoms with Gasteiger partial charge in [0.2, 0.25) is 0 Å². The Bertz CT molecular complexity index is 393. The molecule has 0 aromatic carbocycles. The first-order valence-electron chi connectivity index (χ1n) is 4.78. The van der Waals surface area contributed by atoms with Crippen molar-refractivity contribution < 1.29 is 18.5 Å². The molecular formula is C6H13BN4O4S. The summed E-state index contributed by atoms with van der Waals surface area (Å²) in [6.45, 7) is 0. The molecule has 8 nitrogen and oxygen atoms in total. The lowest BCUT2D eigenvalue weighted by atomic mass is 9.88. The number of nitrogens with zero attached hydrogens (tertiary/aromatic N) is 3. The number of H-pyrrole nitrogens is 1. The Balaban J connectivity index is 2.26. The summed E-state index contributed by atoms with van der Waals surface area (Å²) < 4.78 is 22.8. The fraction of sp³-hybridized carbons (Fsp3) is 0.833. The first-order chi connectivity index (χ1) is 7.49. The van der Waals surface area contributed by atoms with Crippen molar-refractivity contribution in [2.75, 3.05) is 11.5 Å². The van der Waals surface area contributed by atoms with E-state index in [2.05, 4.69) is 20.6 Å². The molecule has 16 heavy (non-hydrogen) atoms. The maximum Gasteiger partial charge on any atom is 0.452 e. The Morgan fingerprint density at radius 3 is 2.62 bits per heavy atom. The SMILES string of the molecule is O=S(=O)(CCCc1nn[nH]n1)CCB(O)O. The van der Waals surface area contributed by atoms with E-state index in [0.29, 0.717) is 18.7 Å². The van der Waals surface area contributed by atoms with Gasteiger partial charge in [-0.05, 0) is 12.7 Å². The molecule has 0 spiro atoms. The van der Waals surface area contributed by atoms with Gasteiger partial charge in [-0.15, -0.1) is 10.2 Å². The molecule has 0 fully saturated rings. The molecule has 1 aromatic rings. The summed E-state index contributed by atoms with van der Waals surface area (Å²) in [6, 6.07) is 0. The highest BCUT2D eigenvalue weighted by atomic mass is 32.2. The standard InChI is InChI=1S/C6H13BN4O4S/c12-7(13)3-5-16(14,15)4-1-2-6-8-10-11-9-6/h12-13H,1-5H2,(H,8,9,10,11). The summed E-state index contributed by atoms with van der Waals surface area (Å²) in [5.74, 6) is 0.225. The molecule has 0 unspecified atom stereocenters. The second-order valence-electron chi connectivity index (χ2n) is 3.35. The van der Waals surface area contributed by atoms with Crippen molar-refractivity contribution in [3.63, 3.8) is 0 Å². The van der Waals surface area contributed by atoms with Crippen LogP contribution < -0.4 is 0 Å². The molecule has 90 valence electrons. The Hall–Kier alpha value is -0.995. The van der Waals surface area contributed by atoms with Gasteiger partial charge >= 0.3 is 7.12 Å². The van der Waals surface area contributed by atoms with Crippen LogP contribution in [0.3, 0.4) is 0 Å². The van der Waals surface area contributed by atoms with Gasteiger partial charge in [-0.25, -0.2) is 8.42 Å². The molecule has 3 N–H and O–H groups in total. The van der Waals surface area contributed by atoms with Crippen molar-refractivity contribution in [2.24, 2.45) is 0 Å². The number of rotatable bonds is 7. The highest BCUT2D eigenvalue weighted by molar-refractivity contribution is 7.91. The first kappa shape index (κ1) is 13.1. The zero-order valence-corrected chi connectivity index (χ0v) is 9.39. The van der Waals surface area contributed by atoms with Gasteiger partial charge in [0.1, 0.15) is 9.84 Å². The van der Waals surface area contributed by atoms with Gasteiger partial charge in [0.15, 0.2) is 5.82 Å². The topological polar surface area (TPSA) is 129 Å². The molecule has 0 amide bonds. The van der Waals surface area contributed by atoms with Crippen LogP contribution in [0.5, 0.6) is 0 Å². The average Bonchev–Trinajstić information content (AvgIpc) is 2.68. The van der Waals surface area contributed by atoms with Gasteiger partial charge in [0.25, 0.3) is 0 Å². The number of aromatic amines is 1. The minimum atomic E-state index is -3.24. The maximum absolute atomic E-state index is 11.4. The molecule has 0 aliphatic heterocycles. The zero-order chi connectivity index (χ0) is 12.0. The van der Waals surface area contributed by atoms with E-state index >= 15 is 0 Å². The highest BCUT2D eigenvalue weighted by Crippen LogP contribution is 2.01. The van der Waals surface area contributed by atoms with Gasteiger partial charge in [-0.2, -0.15) is 5.21 Å². The first-order valence-corrected chi connectivity index (χ1v) is 6.60. The van der Waals surface area contributed by atoms with Crippen LogP contribution in [-0.4, -0.2) is 57.7 Å². The molecule has 0 atom stereocenters. The minimum Gasteiger partial charge on any atom is -0.427 e. The minimum absolute atomic E-state index is 0.0196. The fourth-order valence-corrected chi connectivity index (χ4v) is 2.48. The second-order valence-corrected chi connectivity index (χ2v) is 5.66. The molecule has 1 rings (SSSR count). The summed E-state index contributed by atoms with van der Waals surface area (Å²) in [5.41, 5.74) is 0. The lowest BCUT2D eigenvalue weighted by Crippen LogP contribution is -2.19. The Kier molecular flexibility index (Phi) is 4.84. The predicted molar refractivity (Wildman–Crippen MR) is 56.2 cm³/mol. The monoisotopic (exact) mass is 248 g/mol. The van der Waals surface area contributed by atoms with E-state index in [-0.39, 0.29) is 17.8 Å². The van der Waals surface area contributed by atoms with E-state index < -0.39 is 17.0 Å². The Morgan fingerprint density at radius 1 is 1.31 bits per heavy atom. The van der Waals surface area contributed by atoms with Crippen LogP contribution in [0.25, 0.3) is 0 Å². The van der Waals surface area contributed by atoms with Crippen molar-refractivity contribution in [2.45, 2.75) is 19.2 Å². The Labute approximate surface area is 93.1 Å². The molecule has 1 heterocycles. The smallest absolute Gasteiger partial charge is 0.427 e. The predicted octanol–water partition coefficient (Wildman–Crippen LogP) is -1.98. The number of tetrazole rings is 1. The van der Waals surface area contributed by atoms with Gasteiger partial charge in [-0.1, -0.05) is 5.21 Å². The van der Waals surface area contributed by atoms with Crippen LogP contribution in [0, 0.1) is 0 Å². The van der Waals surface area contributed by atoms with Crippen LogP contribution in [0.15, 0.2) is 0 Å². The summed E-state index contributed by atoms with van der Waals surface area (Å²) in [5, 5.41) is 30.1. The summed E-state index contributed by atoms with van der Waals surface area (Å²) in [6.07, 6.45) is 0.658. The van der Waals surface area contributed by atoms with E-state index in [4.69, 9.17) is 10.0 Å². The molecule has 0 saturated heterocycles. The van der Waals surface area contributed by atoms with Crippen LogP contribution in [0.2, 0.25) is 6.32 Å². The third-order valence-electron chi connectivity index (χ3n) is 1.93. The van der Waals surface area contributed by atoms with E-state index in [9.17, 15) is 8.42 Å². The third kappa shape index (κ3) is 5.19. The summed E-state index contributed by atoms with van der Waals surface area (Å²) in [7, 11) is -4.81. The van der Waals surface area contributed by atoms with Gasteiger partial charge in [0.05, 0.1) is 5.75 Å². The van der Waals surface area contributed by atoms with Crippen LogP contribution in [-0.2, 0) is 16.3 Å². The molecular weight excluding hydrogens is 235 g/mol. The third-order valence-corrected chi connectivity index (χ3v) is 3.70. The number of sulfone groups is 1. The molecule has 0 radical (unpaired) electrons. The van der Waals surface area contributed by atoms with Crippen molar-refractivity contribution >= 4 is 17.0 Å². The fourth-order valence-electron chi connectivity index (χ4n) is 1.13. The average molecular weight is 248 g/mol. The molecule has 0 aliphatic rings. The summed E-state index contributed by atoms with van der Waals surface area (Å²) >= 11 is 0. The largest absolute Gasteiger partial charge is 0.452 e. The molecule has 0 bridgehead atoms. The van der Waals surface area contributed by atoms with Crippen molar-refractivity contribution in [3.05, 3.63) is 5.82 Å². The lowest BCUT2D eigenvalue weighted by Gasteiger charge is -2.02. The zero-order valence-electron chi connectivity index (χ0n) is 8.57. The van der Waals surface area contributed by atoms with Crippen LogP contribution in [0.4, 0.5) is 0 Å². The Morgan fingerprint density at radius 2 is 2.06 bits per heavy atom. The molecule has 0 aliphatic carbocycles. The molecule has 1 aromatic heterocycles. The summed E-state index contributed by atoms with van der Waals surface area (Å²) in [4.78, 5) is 0. The molecule has 0 saturated carbocycles. The van der Waals surface area contributed by atoms with Crippen molar-refractivity contribution in [1.29, 1.82) is 0 Å². The van der Waals surface area contributed by atoms with E-state index in [0.717, 1.165) is 0 Å². The molecule has 10 heteroatoms. The van der Waals surface area contributed by atoms with Crippen molar-refractivity contribution in [3.8, 4) is 0 Å². The number of aromatic nitrogens is 4. The van der Waals surface area contributed by atoms with Crippen molar-refractivity contribution in [1.82, 2.24) is 20.6 Å². The van der Waals surface area contributed by atoms with Gasteiger partial charge < -0.3 is 10.0 Å². The number of hydrogen-bond acceptors (Lipinski definition) is 7. The van der Waals surface area contributed by atoms with Crippen LogP contribution in [0.1, 0.15) is 12.2 Å². The second kappa shape index (κ2) is 5.92. The van der Waals surface area contributed by atoms with Crippen LogP contribution >= 0.6 is 0 Å². The van der Waals surface area contributed by atoms with E-state index in [1.807, 2.05) is 0 Å².